The lowest BCUT2D eigenvalue weighted by Gasteiger charge is -2.12. The molecule has 2 N–H and O–H groups in total. The molecule has 1 aliphatic heterocycles. The van der Waals surface area contributed by atoms with E-state index in [1.807, 2.05) is 6.20 Å². The zero-order valence-corrected chi connectivity index (χ0v) is 8.48. The van der Waals surface area contributed by atoms with Crippen molar-refractivity contribution in [2.24, 2.45) is 5.92 Å². The van der Waals surface area contributed by atoms with Gasteiger partial charge in [-0.2, -0.15) is 0 Å². The minimum atomic E-state index is -0.157. The second-order valence-electron chi connectivity index (χ2n) is 3.97. The van der Waals surface area contributed by atoms with Gasteiger partial charge in [0.1, 0.15) is 5.82 Å². The average Bonchev–Trinajstić information content (AvgIpc) is 2.76. The van der Waals surface area contributed by atoms with Crippen LogP contribution in [0.5, 0.6) is 0 Å². The molecule has 1 saturated heterocycles. The smallest absolute Gasteiger partial charge is 0.120 e. The first kappa shape index (κ1) is 9.68. The van der Waals surface area contributed by atoms with Crippen molar-refractivity contribution < 1.29 is 5.11 Å². The van der Waals surface area contributed by atoms with Crippen LogP contribution in [-0.2, 0) is 6.54 Å². The van der Waals surface area contributed by atoms with Crippen LogP contribution in [0, 0.1) is 5.92 Å². The lowest BCUT2D eigenvalue weighted by molar-refractivity contribution is 0.139. The molecule has 2 unspecified atom stereocenters. The van der Waals surface area contributed by atoms with Gasteiger partial charge in [-0.3, -0.25) is 4.90 Å². The summed E-state index contributed by atoms with van der Waals surface area (Å²) in [6, 6.07) is 0. The Morgan fingerprint density at radius 3 is 3.07 bits per heavy atom. The standard InChI is InChI=1S/C10H17N3O/c1-2-8-5-13(6-9(8)14)7-10-11-3-4-12-10/h3-4,8-9,14H,2,5-7H2,1H3,(H,11,12). The number of likely N-dealkylation sites (tertiary alicyclic amines) is 1. The zero-order valence-electron chi connectivity index (χ0n) is 8.48. The summed E-state index contributed by atoms with van der Waals surface area (Å²) in [5.41, 5.74) is 0. The second kappa shape index (κ2) is 4.11. The Hall–Kier alpha value is -0.870. The number of imidazole rings is 1. The van der Waals surface area contributed by atoms with Gasteiger partial charge in [-0.1, -0.05) is 6.92 Å². The lowest BCUT2D eigenvalue weighted by atomic mass is 10.0. The molecule has 0 spiro atoms. The molecule has 0 saturated carbocycles. The highest BCUT2D eigenvalue weighted by Crippen LogP contribution is 2.20. The first-order valence-electron chi connectivity index (χ1n) is 5.18. The molecule has 0 radical (unpaired) electrons. The minimum absolute atomic E-state index is 0.157. The number of nitrogens with zero attached hydrogens (tertiary/aromatic N) is 2. The van der Waals surface area contributed by atoms with E-state index in [4.69, 9.17) is 0 Å². The Morgan fingerprint density at radius 2 is 2.50 bits per heavy atom. The maximum Gasteiger partial charge on any atom is 0.120 e. The highest BCUT2D eigenvalue weighted by atomic mass is 16.3. The molecule has 2 rings (SSSR count). The summed E-state index contributed by atoms with van der Waals surface area (Å²) in [6.07, 6.45) is 4.49. The average molecular weight is 195 g/mol. The molecular weight excluding hydrogens is 178 g/mol. The summed E-state index contributed by atoms with van der Waals surface area (Å²) in [4.78, 5) is 9.50. The summed E-state index contributed by atoms with van der Waals surface area (Å²) in [7, 11) is 0. The van der Waals surface area contributed by atoms with Crippen molar-refractivity contribution in [2.75, 3.05) is 13.1 Å². The first-order valence-corrected chi connectivity index (χ1v) is 5.18. The first-order chi connectivity index (χ1) is 6.79. The number of aliphatic hydroxyl groups excluding tert-OH is 1. The maximum absolute atomic E-state index is 9.72. The fraction of sp³-hybridized carbons (Fsp3) is 0.700. The number of aromatic amines is 1. The number of aromatic nitrogens is 2. The molecule has 1 aromatic rings. The molecule has 1 aromatic heterocycles. The predicted molar refractivity (Wildman–Crippen MR) is 53.7 cm³/mol. The maximum atomic E-state index is 9.72. The van der Waals surface area contributed by atoms with Crippen LogP contribution in [0.3, 0.4) is 0 Å². The van der Waals surface area contributed by atoms with E-state index >= 15 is 0 Å². The Balaban J connectivity index is 1.89. The van der Waals surface area contributed by atoms with Crippen molar-refractivity contribution in [3.05, 3.63) is 18.2 Å². The van der Waals surface area contributed by atoms with Crippen molar-refractivity contribution in [2.45, 2.75) is 26.0 Å². The molecule has 0 amide bonds. The molecule has 2 heterocycles. The predicted octanol–water partition coefficient (Wildman–Crippen LogP) is 0.612. The van der Waals surface area contributed by atoms with E-state index in [0.717, 1.165) is 31.9 Å². The number of β-amino-alcohol motifs (C(OH)–C–C–N with tert-alkyl or cyclic N) is 1. The topological polar surface area (TPSA) is 52.2 Å². The van der Waals surface area contributed by atoms with Gasteiger partial charge in [0, 0.05) is 25.5 Å². The third-order valence-electron chi connectivity index (χ3n) is 2.93. The Morgan fingerprint density at radius 1 is 1.64 bits per heavy atom. The lowest BCUT2D eigenvalue weighted by Crippen LogP contribution is -2.22. The van der Waals surface area contributed by atoms with Crippen LogP contribution in [-0.4, -0.2) is 39.2 Å². The van der Waals surface area contributed by atoms with E-state index in [2.05, 4.69) is 21.8 Å². The van der Waals surface area contributed by atoms with Gasteiger partial charge in [0.2, 0.25) is 0 Å². The molecule has 4 nitrogen and oxygen atoms in total. The normalized spacial score (nSPS) is 28.4. The summed E-state index contributed by atoms with van der Waals surface area (Å²) in [5, 5.41) is 9.72. The number of H-pyrrole nitrogens is 1. The minimum Gasteiger partial charge on any atom is -0.391 e. The van der Waals surface area contributed by atoms with Gasteiger partial charge in [0.05, 0.1) is 12.6 Å². The van der Waals surface area contributed by atoms with Crippen LogP contribution in [0.2, 0.25) is 0 Å². The summed E-state index contributed by atoms with van der Waals surface area (Å²) in [6.45, 7) is 4.71. The van der Waals surface area contributed by atoms with E-state index in [-0.39, 0.29) is 6.10 Å². The molecular formula is C10H17N3O. The van der Waals surface area contributed by atoms with Crippen molar-refractivity contribution in [1.82, 2.24) is 14.9 Å². The molecule has 2 atom stereocenters. The number of hydrogen-bond acceptors (Lipinski definition) is 3. The SMILES string of the molecule is CCC1CN(Cc2ncc[nH]2)CC1O. The number of hydrogen-bond donors (Lipinski definition) is 2. The molecule has 1 fully saturated rings. The van der Waals surface area contributed by atoms with Crippen molar-refractivity contribution >= 4 is 0 Å². The Labute approximate surface area is 84.0 Å². The summed E-state index contributed by atoms with van der Waals surface area (Å²) < 4.78 is 0. The third-order valence-corrected chi connectivity index (χ3v) is 2.93. The van der Waals surface area contributed by atoms with Gasteiger partial charge < -0.3 is 10.1 Å². The second-order valence-corrected chi connectivity index (χ2v) is 3.97. The molecule has 1 aliphatic rings. The fourth-order valence-electron chi connectivity index (χ4n) is 2.07. The van der Waals surface area contributed by atoms with Crippen LogP contribution >= 0.6 is 0 Å². The van der Waals surface area contributed by atoms with Gasteiger partial charge in [-0.15, -0.1) is 0 Å². The molecule has 14 heavy (non-hydrogen) atoms. The van der Waals surface area contributed by atoms with Crippen LogP contribution < -0.4 is 0 Å². The monoisotopic (exact) mass is 195 g/mol. The van der Waals surface area contributed by atoms with E-state index in [0.29, 0.717) is 5.92 Å². The van der Waals surface area contributed by atoms with Gasteiger partial charge >= 0.3 is 0 Å². The number of nitrogens with one attached hydrogen (secondary N) is 1. The zero-order chi connectivity index (χ0) is 9.97. The van der Waals surface area contributed by atoms with E-state index < -0.39 is 0 Å². The molecule has 0 aromatic carbocycles. The van der Waals surface area contributed by atoms with Crippen molar-refractivity contribution in [3.63, 3.8) is 0 Å². The van der Waals surface area contributed by atoms with Crippen LogP contribution in [0.1, 0.15) is 19.2 Å². The summed E-state index contributed by atoms with van der Waals surface area (Å²) in [5.74, 6) is 1.42. The van der Waals surface area contributed by atoms with Crippen LogP contribution in [0.15, 0.2) is 12.4 Å². The quantitative estimate of drug-likeness (QED) is 0.743. The number of rotatable bonds is 3. The molecule has 0 aliphatic carbocycles. The molecule has 0 bridgehead atoms. The Kier molecular flexibility index (Phi) is 2.84. The van der Waals surface area contributed by atoms with E-state index in [1.54, 1.807) is 6.20 Å². The van der Waals surface area contributed by atoms with E-state index in [9.17, 15) is 5.11 Å². The van der Waals surface area contributed by atoms with Gasteiger partial charge in [0.25, 0.3) is 0 Å². The summed E-state index contributed by atoms with van der Waals surface area (Å²) >= 11 is 0. The largest absolute Gasteiger partial charge is 0.391 e. The molecule has 4 heteroatoms. The third kappa shape index (κ3) is 1.96. The van der Waals surface area contributed by atoms with Crippen molar-refractivity contribution in [1.29, 1.82) is 0 Å². The fourth-order valence-corrected chi connectivity index (χ4v) is 2.07. The van der Waals surface area contributed by atoms with E-state index in [1.165, 1.54) is 0 Å². The highest BCUT2D eigenvalue weighted by Gasteiger charge is 2.29. The van der Waals surface area contributed by atoms with Gasteiger partial charge in [-0.05, 0) is 12.3 Å². The van der Waals surface area contributed by atoms with Crippen LogP contribution in [0.25, 0.3) is 0 Å². The van der Waals surface area contributed by atoms with Crippen LogP contribution in [0.4, 0.5) is 0 Å². The van der Waals surface area contributed by atoms with Gasteiger partial charge in [0.15, 0.2) is 0 Å². The molecule has 78 valence electrons. The highest BCUT2D eigenvalue weighted by molar-refractivity contribution is 4.90. The Bertz CT molecular complexity index is 273. The van der Waals surface area contributed by atoms with Crippen molar-refractivity contribution in [3.8, 4) is 0 Å². The number of aliphatic hydroxyl groups is 1. The van der Waals surface area contributed by atoms with Gasteiger partial charge in [-0.25, -0.2) is 4.98 Å².